The van der Waals surface area contributed by atoms with Crippen LogP contribution in [-0.2, 0) is 5.41 Å². The fourth-order valence-electron chi connectivity index (χ4n) is 5.81. The third kappa shape index (κ3) is 3.96. The Kier molecular flexibility index (Phi) is 5.38. The topological polar surface area (TPSA) is 51.8 Å². The fraction of sp³-hybridized carbons (Fsp3) is 0.0833. The molecular formula is C36H25N3OS. The van der Waals surface area contributed by atoms with E-state index >= 15 is 0 Å². The van der Waals surface area contributed by atoms with E-state index in [1.807, 2.05) is 66.4 Å². The van der Waals surface area contributed by atoms with Crippen molar-refractivity contribution in [2.75, 3.05) is 0 Å². The van der Waals surface area contributed by atoms with Gasteiger partial charge in [-0.05, 0) is 41.5 Å². The molecule has 5 heteroatoms. The summed E-state index contributed by atoms with van der Waals surface area (Å²) in [6, 6.07) is 39.7. The zero-order chi connectivity index (χ0) is 27.6. The standard InChI is InChI=1S/C36H25N3OS/c1-36(2)27-13-7-9-15-31(27)41-32-21-24(17-19-28(32)36)35-38-33(22-10-4-3-5-11-22)37-34(39-35)23-16-18-26-25-12-6-8-14-29(25)40-30(26)20-23/h3-21H,1-2H3. The Bertz CT molecular complexity index is 2110. The maximum atomic E-state index is 6.18. The number of hydrogen-bond acceptors (Lipinski definition) is 5. The average molecular weight is 548 g/mol. The van der Waals surface area contributed by atoms with Crippen LogP contribution in [-0.4, -0.2) is 15.0 Å². The molecule has 3 heterocycles. The Morgan fingerprint density at radius 1 is 0.512 bits per heavy atom. The average Bonchev–Trinajstić information content (AvgIpc) is 3.39. The highest BCUT2D eigenvalue weighted by molar-refractivity contribution is 7.99. The summed E-state index contributed by atoms with van der Waals surface area (Å²) < 4.78 is 6.18. The van der Waals surface area contributed by atoms with Gasteiger partial charge in [0, 0.05) is 42.7 Å². The van der Waals surface area contributed by atoms with Crippen LogP contribution >= 0.6 is 11.8 Å². The molecule has 0 fully saturated rings. The van der Waals surface area contributed by atoms with E-state index in [1.54, 1.807) is 0 Å². The van der Waals surface area contributed by atoms with E-state index in [2.05, 4.69) is 74.5 Å². The normalized spacial score (nSPS) is 13.7. The van der Waals surface area contributed by atoms with Gasteiger partial charge in [0.1, 0.15) is 11.2 Å². The maximum absolute atomic E-state index is 6.18. The lowest BCUT2D eigenvalue weighted by molar-refractivity contribution is 0.607. The summed E-state index contributed by atoms with van der Waals surface area (Å²) in [6.45, 7) is 4.60. The molecule has 0 saturated carbocycles. The van der Waals surface area contributed by atoms with Crippen LogP contribution in [0, 0.1) is 0 Å². The largest absolute Gasteiger partial charge is 0.456 e. The summed E-state index contributed by atoms with van der Waals surface area (Å²) >= 11 is 1.81. The fourth-order valence-corrected chi connectivity index (χ4v) is 7.25. The van der Waals surface area contributed by atoms with Gasteiger partial charge in [0.15, 0.2) is 17.5 Å². The van der Waals surface area contributed by atoms with Crippen molar-refractivity contribution in [1.29, 1.82) is 0 Å². The van der Waals surface area contributed by atoms with Crippen molar-refractivity contribution < 1.29 is 4.42 Å². The molecule has 2 aromatic heterocycles. The molecule has 41 heavy (non-hydrogen) atoms. The lowest BCUT2D eigenvalue weighted by atomic mass is 9.77. The van der Waals surface area contributed by atoms with Gasteiger partial charge < -0.3 is 4.42 Å². The molecule has 0 atom stereocenters. The second kappa shape index (κ2) is 9.15. The van der Waals surface area contributed by atoms with Gasteiger partial charge in [-0.25, -0.2) is 15.0 Å². The Morgan fingerprint density at radius 2 is 1.12 bits per heavy atom. The molecule has 1 aliphatic heterocycles. The number of rotatable bonds is 3. The molecule has 8 rings (SSSR count). The molecule has 0 aliphatic carbocycles. The van der Waals surface area contributed by atoms with Gasteiger partial charge in [0.25, 0.3) is 0 Å². The Balaban J connectivity index is 1.29. The van der Waals surface area contributed by atoms with Crippen molar-refractivity contribution in [2.24, 2.45) is 0 Å². The predicted octanol–water partition coefficient (Wildman–Crippen LogP) is 9.56. The summed E-state index contributed by atoms with van der Waals surface area (Å²) in [5.41, 5.74) is 7.09. The molecular weight excluding hydrogens is 522 g/mol. The molecule has 0 unspecified atom stereocenters. The first-order valence-corrected chi connectivity index (χ1v) is 14.5. The predicted molar refractivity (Wildman–Crippen MR) is 166 cm³/mol. The Morgan fingerprint density at radius 3 is 1.95 bits per heavy atom. The van der Waals surface area contributed by atoms with Crippen molar-refractivity contribution in [3.8, 4) is 34.2 Å². The number of furan rings is 1. The smallest absolute Gasteiger partial charge is 0.164 e. The Labute approximate surface area is 242 Å². The summed E-state index contributed by atoms with van der Waals surface area (Å²) in [7, 11) is 0. The number of benzene rings is 5. The van der Waals surface area contributed by atoms with Crippen molar-refractivity contribution in [3.63, 3.8) is 0 Å². The third-order valence-corrected chi connectivity index (χ3v) is 9.13. The lowest BCUT2D eigenvalue weighted by Crippen LogP contribution is -2.23. The lowest BCUT2D eigenvalue weighted by Gasteiger charge is -2.34. The molecule has 0 saturated heterocycles. The van der Waals surface area contributed by atoms with Crippen LogP contribution in [0.4, 0.5) is 0 Å². The molecule has 0 radical (unpaired) electrons. The molecule has 5 aromatic carbocycles. The van der Waals surface area contributed by atoms with Crippen LogP contribution in [0.5, 0.6) is 0 Å². The van der Waals surface area contributed by atoms with Crippen LogP contribution in [0.2, 0.25) is 0 Å². The number of fused-ring (bicyclic) bond motifs is 5. The second-order valence-corrected chi connectivity index (χ2v) is 12.0. The number of aromatic nitrogens is 3. The molecule has 196 valence electrons. The summed E-state index contributed by atoms with van der Waals surface area (Å²) in [5.74, 6) is 1.91. The first kappa shape index (κ1) is 24.1. The minimum Gasteiger partial charge on any atom is -0.456 e. The van der Waals surface area contributed by atoms with Crippen LogP contribution in [0.25, 0.3) is 56.1 Å². The van der Waals surface area contributed by atoms with E-state index in [1.165, 1.54) is 20.9 Å². The zero-order valence-electron chi connectivity index (χ0n) is 22.6. The van der Waals surface area contributed by atoms with Crippen LogP contribution < -0.4 is 0 Å². The van der Waals surface area contributed by atoms with Gasteiger partial charge in [-0.2, -0.15) is 0 Å². The van der Waals surface area contributed by atoms with E-state index in [0.717, 1.165) is 38.6 Å². The van der Waals surface area contributed by atoms with Crippen molar-refractivity contribution in [3.05, 3.63) is 126 Å². The molecule has 4 nitrogen and oxygen atoms in total. The first-order chi connectivity index (χ1) is 20.0. The highest BCUT2D eigenvalue weighted by Crippen LogP contribution is 2.49. The minimum atomic E-state index is -0.0862. The van der Waals surface area contributed by atoms with E-state index < -0.39 is 0 Å². The Hall–Kier alpha value is -4.74. The third-order valence-electron chi connectivity index (χ3n) is 8.00. The van der Waals surface area contributed by atoms with Crippen molar-refractivity contribution >= 4 is 33.7 Å². The van der Waals surface area contributed by atoms with E-state index in [-0.39, 0.29) is 5.41 Å². The zero-order valence-corrected chi connectivity index (χ0v) is 23.4. The summed E-state index contributed by atoms with van der Waals surface area (Å²) in [4.78, 5) is 17.4. The van der Waals surface area contributed by atoms with Gasteiger partial charge in [-0.3, -0.25) is 0 Å². The maximum Gasteiger partial charge on any atom is 0.164 e. The van der Waals surface area contributed by atoms with Crippen molar-refractivity contribution in [2.45, 2.75) is 29.1 Å². The highest BCUT2D eigenvalue weighted by Gasteiger charge is 2.33. The highest BCUT2D eigenvalue weighted by atomic mass is 32.2. The van der Waals surface area contributed by atoms with Gasteiger partial charge in [0.2, 0.25) is 0 Å². The molecule has 7 aromatic rings. The van der Waals surface area contributed by atoms with E-state index in [0.29, 0.717) is 17.5 Å². The summed E-state index contributed by atoms with van der Waals surface area (Å²) in [5, 5.41) is 2.18. The SMILES string of the molecule is CC1(C)c2ccccc2Sc2cc(-c3nc(-c4ccccc4)nc(-c4ccc5c(c4)oc4ccccc45)n3)ccc21. The van der Waals surface area contributed by atoms with Gasteiger partial charge in [-0.15, -0.1) is 0 Å². The first-order valence-electron chi connectivity index (χ1n) is 13.7. The van der Waals surface area contributed by atoms with Crippen LogP contribution in [0.3, 0.4) is 0 Å². The number of nitrogens with zero attached hydrogens (tertiary/aromatic N) is 3. The molecule has 1 aliphatic rings. The molecule has 0 spiro atoms. The van der Waals surface area contributed by atoms with E-state index in [9.17, 15) is 0 Å². The number of para-hydroxylation sites is 1. The minimum absolute atomic E-state index is 0.0862. The second-order valence-electron chi connectivity index (χ2n) is 10.9. The van der Waals surface area contributed by atoms with E-state index in [4.69, 9.17) is 19.4 Å². The summed E-state index contributed by atoms with van der Waals surface area (Å²) in [6.07, 6.45) is 0. The molecule has 0 bridgehead atoms. The monoisotopic (exact) mass is 547 g/mol. The van der Waals surface area contributed by atoms with Gasteiger partial charge >= 0.3 is 0 Å². The van der Waals surface area contributed by atoms with Gasteiger partial charge in [0.05, 0.1) is 0 Å². The quantitative estimate of drug-likeness (QED) is 0.220. The molecule has 0 N–H and O–H groups in total. The molecule has 0 amide bonds. The number of hydrogen-bond donors (Lipinski definition) is 0. The van der Waals surface area contributed by atoms with Gasteiger partial charge in [-0.1, -0.05) is 111 Å². The van der Waals surface area contributed by atoms with Crippen LogP contribution in [0.15, 0.2) is 129 Å². The van der Waals surface area contributed by atoms with Crippen LogP contribution in [0.1, 0.15) is 25.0 Å². The van der Waals surface area contributed by atoms with Crippen molar-refractivity contribution in [1.82, 2.24) is 15.0 Å².